The van der Waals surface area contributed by atoms with Crippen LogP contribution < -0.4 is 5.32 Å². The SMILES string of the molecule is CCS(=O)(=O)N1CCCC(C(=O)Nc2nnc(SCC(=O)OC)s2)C1. The van der Waals surface area contributed by atoms with Crippen molar-refractivity contribution in [2.75, 3.05) is 37.0 Å². The second-order valence-corrected chi connectivity index (χ2v) is 9.78. The van der Waals surface area contributed by atoms with Crippen LogP contribution in [0.15, 0.2) is 4.34 Å². The van der Waals surface area contributed by atoms with Gasteiger partial charge in [-0.05, 0) is 19.8 Å². The first-order chi connectivity index (χ1) is 11.9. The molecule has 1 fully saturated rings. The molecule has 0 saturated carbocycles. The first-order valence-electron chi connectivity index (χ1n) is 7.67. The number of carbonyl (C=O) groups is 2. The van der Waals surface area contributed by atoms with E-state index in [2.05, 4.69) is 20.3 Å². The standard InChI is InChI=1S/C13H20N4O5S3/c1-3-25(20,21)17-6-4-5-9(7-17)11(19)14-12-15-16-13(24-12)23-8-10(18)22-2/h9H,3-8H2,1-2H3,(H,14,15,19). The number of sulfonamides is 1. The number of nitrogens with zero attached hydrogens (tertiary/aromatic N) is 3. The zero-order valence-corrected chi connectivity index (χ0v) is 16.4. The minimum absolute atomic E-state index is 0.0263. The zero-order valence-electron chi connectivity index (χ0n) is 13.9. The maximum Gasteiger partial charge on any atom is 0.316 e. The lowest BCUT2D eigenvalue weighted by molar-refractivity contribution is -0.137. The van der Waals surface area contributed by atoms with Crippen LogP contribution >= 0.6 is 23.1 Å². The lowest BCUT2D eigenvalue weighted by atomic mass is 9.99. The molecule has 0 aliphatic carbocycles. The van der Waals surface area contributed by atoms with E-state index in [1.54, 1.807) is 6.92 Å². The summed E-state index contributed by atoms with van der Waals surface area (Å²) >= 11 is 2.33. The van der Waals surface area contributed by atoms with Crippen LogP contribution in [0.3, 0.4) is 0 Å². The quantitative estimate of drug-likeness (QED) is 0.400. The number of nitrogens with one attached hydrogen (secondary N) is 1. The minimum Gasteiger partial charge on any atom is -0.468 e. The van der Waals surface area contributed by atoms with E-state index in [9.17, 15) is 18.0 Å². The Hall–Kier alpha value is -1.24. The van der Waals surface area contributed by atoms with Crippen LogP contribution in [0.5, 0.6) is 0 Å². The molecule has 0 bridgehead atoms. The van der Waals surface area contributed by atoms with Gasteiger partial charge in [-0.25, -0.2) is 12.7 Å². The molecule has 1 aromatic heterocycles. The normalized spacial score (nSPS) is 18.7. The summed E-state index contributed by atoms with van der Waals surface area (Å²) in [6.45, 7) is 2.23. The molecule has 1 atom stereocenters. The summed E-state index contributed by atoms with van der Waals surface area (Å²) in [7, 11) is -1.99. The summed E-state index contributed by atoms with van der Waals surface area (Å²) < 4.78 is 30.4. The number of thioether (sulfide) groups is 1. The molecule has 2 heterocycles. The van der Waals surface area contributed by atoms with Crippen molar-refractivity contribution in [2.45, 2.75) is 24.1 Å². The topological polar surface area (TPSA) is 119 Å². The summed E-state index contributed by atoms with van der Waals surface area (Å²) in [6.07, 6.45) is 1.28. The summed E-state index contributed by atoms with van der Waals surface area (Å²) in [5, 5.41) is 10.8. The fourth-order valence-electron chi connectivity index (χ4n) is 2.30. The third-order valence-electron chi connectivity index (χ3n) is 3.69. The van der Waals surface area contributed by atoms with Gasteiger partial charge < -0.3 is 10.1 Å². The van der Waals surface area contributed by atoms with Gasteiger partial charge in [0.05, 0.1) is 24.5 Å². The molecule has 2 rings (SSSR count). The Morgan fingerprint density at radius 3 is 2.88 bits per heavy atom. The summed E-state index contributed by atoms with van der Waals surface area (Å²) in [6, 6.07) is 0. The number of esters is 1. The maximum absolute atomic E-state index is 12.4. The summed E-state index contributed by atoms with van der Waals surface area (Å²) in [4.78, 5) is 23.5. The van der Waals surface area contributed by atoms with Gasteiger partial charge in [0, 0.05) is 13.1 Å². The Morgan fingerprint density at radius 2 is 2.20 bits per heavy atom. The van der Waals surface area contributed by atoms with Crippen molar-refractivity contribution < 1.29 is 22.7 Å². The third kappa shape index (κ3) is 5.62. The Morgan fingerprint density at radius 1 is 1.44 bits per heavy atom. The molecular formula is C13H20N4O5S3. The number of hydrogen-bond acceptors (Lipinski definition) is 9. The number of aromatic nitrogens is 2. The number of hydrogen-bond donors (Lipinski definition) is 1. The highest BCUT2D eigenvalue weighted by molar-refractivity contribution is 8.01. The Bertz CT molecular complexity index is 721. The van der Waals surface area contributed by atoms with E-state index < -0.39 is 15.9 Å². The predicted octanol–water partition coefficient (Wildman–Crippen LogP) is 0.803. The van der Waals surface area contributed by atoms with Gasteiger partial charge in [0.15, 0.2) is 4.34 Å². The molecule has 0 spiro atoms. The number of carbonyl (C=O) groups excluding carboxylic acids is 2. The van der Waals surface area contributed by atoms with Crippen molar-refractivity contribution in [3.05, 3.63) is 0 Å². The van der Waals surface area contributed by atoms with E-state index in [1.807, 2.05) is 0 Å². The van der Waals surface area contributed by atoms with E-state index in [0.717, 1.165) is 11.3 Å². The lowest BCUT2D eigenvalue weighted by Gasteiger charge is -2.30. The molecule has 1 unspecified atom stereocenters. The van der Waals surface area contributed by atoms with E-state index in [0.29, 0.717) is 28.9 Å². The minimum atomic E-state index is -3.29. The fourth-order valence-corrected chi connectivity index (χ4v) is 5.06. The van der Waals surface area contributed by atoms with Crippen LogP contribution in [-0.4, -0.2) is 66.5 Å². The molecule has 1 amide bonds. The van der Waals surface area contributed by atoms with Gasteiger partial charge in [-0.2, -0.15) is 0 Å². The Kier molecular flexibility index (Phi) is 7.16. The molecule has 1 aliphatic rings. The highest BCUT2D eigenvalue weighted by atomic mass is 32.2. The largest absolute Gasteiger partial charge is 0.468 e. The van der Waals surface area contributed by atoms with Gasteiger partial charge in [-0.1, -0.05) is 23.1 Å². The summed E-state index contributed by atoms with van der Waals surface area (Å²) in [5.74, 6) is -0.906. The van der Waals surface area contributed by atoms with Crippen LogP contribution in [0.1, 0.15) is 19.8 Å². The molecule has 9 nitrogen and oxygen atoms in total. The highest BCUT2D eigenvalue weighted by Crippen LogP contribution is 2.27. The number of piperidine rings is 1. The first kappa shape index (κ1) is 20.1. The Balaban J connectivity index is 1.91. The molecule has 1 saturated heterocycles. The average Bonchev–Trinajstić information content (AvgIpc) is 3.07. The molecule has 140 valence electrons. The van der Waals surface area contributed by atoms with Crippen LogP contribution in [-0.2, 0) is 24.3 Å². The molecule has 0 radical (unpaired) electrons. The fraction of sp³-hybridized carbons (Fsp3) is 0.692. The number of rotatable bonds is 7. The average molecular weight is 409 g/mol. The number of ether oxygens (including phenoxy) is 1. The molecule has 25 heavy (non-hydrogen) atoms. The maximum atomic E-state index is 12.4. The van der Waals surface area contributed by atoms with Crippen LogP contribution in [0, 0.1) is 5.92 Å². The van der Waals surface area contributed by atoms with Gasteiger partial charge in [-0.15, -0.1) is 10.2 Å². The Labute approximate surface area is 154 Å². The molecule has 1 aromatic rings. The number of methoxy groups -OCH3 is 1. The van der Waals surface area contributed by atoms with Crippen LogP contribution in [0.4, 0.5) is 5.13 Å². The second kappa shape index (κ2) is 8.92. The van der Waals surface area contributed by atoms with Gasteiger partial charge in [0.1, 0.15) is 0 Å². The smallest absolute Gasteiger partial charge is 0.316 e. The van der Waals surface area contributed by atoms with Crippen molar-refractivity contribution in [1.29, 1.82) is 0 Å². The van der Waals surface area contributed by atoms with Gasteiger partial charge in [-0.3, -0.25) is 9.59 Å². The van der Waals surface area contributed by atoms with Crippen LogP contribution in [0.2, 0.25) is 0 Å². The molecule has 0 aromatic carbocycles. The number of amides is 1. The van der Waals surface area contributed by atoms with Gasteiger partial charge in [0.25, 0.3) is 0 Å². The first-order valence-corrected chi connectivity index (χ1v) is 11.1. The lowest BCUT2D eigenvalue weighted by Crippen LogP contribution is -2.44. The van der Waals surface area contributed by atoms with Crippen molar-refractivity contribution in [3.8, 4) is 0 Å². The highest BCUT2D eigenvalue weighted by Gasteiger charge is 2.31. The molecule has 12 heteroatoms. The van der Waals surface area contributed by atoms with Gasteiger partial charge in [0.2, 0.25) is 21.1 Å². The van der Waals surface area contributed by atoms with Crippen molar-refractivity contribution >= 4 is 50.1 Å². The summed E-state index contributed by atoms with van der Waals surface area (Å²) in [5.41, 5.74) is 0. The van der Waals surface area contributed by atoms with E-state index in [-0.39, 0.29) is 29.9 Å². The molecule has 1 aliphatic heterocycles. The van der Waals surface area contributed by atoms with E-state index in [1.165, 1.54) is 23.2 Å². The van der Waals surface area contributed by atoms with Crippen molar-refractivity contribution in [1.82, 2.24) is 14.5 Å². The molecule has 1 N–H and O–H groups in total. The second-order valence-electron chi connectivity index (χ2n) is 5.32. The predicted molar refractivity (Wildman–Crippen MR) is 95.0 cm³/mol. The van der Waals surface area contributed by atoms with Crippen molar-refractivity contribution in [2.24, 2.45) is 5.92 Å². The van der Waals surface area contributed by atoms with Crippen molar-refractivity contribution in [3.63, 3.8) is 0 Å². The van der Waals surface area contributed by atoms with Crippen LogP contribution in [0.25, 0.3) is 0 Å². The monoisotopic (exact) mass is 408 g/mol. The molecular weight excluding hydrogens is 388 g/mol. The third-order valence-corrected chi connectivity index (χ3v) is 7.48. The van der Waals surface area contributed by atoms with E-state index >= 15 is 0 Å². The van der Waals surface area contributed by atoms with Gasteiger partial charge >= 0.3 is 5.97 Å². The van der Waals surface area contributed by atoms with E-state index in [4.69, 9.17) is 0 Å². The zero-order chi connectivity index (χ0) is 18.4. The number of anilines is 1.